The lowest BCUT2D eigenvalue weighted by atomic mass is 9.67. The highest BCUT2D eigenvalue weighted by Gasteiger charge is 2.57. The summed E-state index contributed by atoms with van der Waals surface area (Å²) in [6.45, 7) is 0. The Labute approximate surface area is 124 Å². The highest BCUT2D eigenvalue weighted by Crippen LogP contribution is 2.54. The van der Waals surface area contributed by atoms with Gasteiger partial charge in [0.05, 0.1) is 11.5 Å². The molecule has 0 heterocycles. The number of fused-ring (bicyclic) bond motifs is 2. The molecule has 0 radical (unpaired) electrons. The fourth-order valence-electron chi connectivity index (χ4n) is 4.17. The third-order valence-electron chi connectivity index (χ3n) is 5.33. The number of aryl methyl sites for hydroxylation is 1. The van der Waals surface area contributed by atoms with Crippen molar-refractivity contribution in [2.45, 2.75) is 31.3 Å². The standard InChI is InChI=1S/C19H17NO/c20-13-18(11-15-6-1-2-7-16(15)12-18)19(21)10-9-14-5-3-4-8-17(14)19/h1-8,21H,9-12H2. The fourth-order valence-corrected chi connectivity index (χ4v) is 4.17. The zero-order valence-corrected chi connectivity index (χ0v) is 11.8. The van der Waals surface area contributed by atoms with Crippen molar-refractivity contribution < 1.29 is 5.11 Å². The monoisotopic (exact) mass is 275 g/mol. The van der Waals surface area contributed by atoms with Crippen molar-refractivity contribution in [2.24, 2.45) is 5.41 Å². The Bertz CT molecular complexity index is 733. The Kier molecular flexibility index (Phi) is 2.52. The third-order valence-corrected chi connectivity index (χ3v) is 5.33. The Morgan fingerprint density at radius 3 is 2.10 bits per heavy atom. The average molecular weight is 275 g/mol. The molecule has 1 unspecified atom stereocenters. The number of benzene rings is 2. The van der Waals surface area contributed by atoms with Gasteiger partial charge in [-0.2, -0.15) is 5.26 Å². The summed E-state index contributed by atoms with van der Waals surface area (Å²) < 4.78 is 0. The van der Waals surface area contributed by atoms with Gasteiger partial charge in [0.25, 0.3) is 0 Å². The van der Waals surface area contributed by atoms with Crippen LogP contribution in [0.1, 0.15) is 28.7 Å². The van der Waals surface area contributed by atoms with Crippen LogP contribution in [0.15, 0.2) is 48.5 Å². The normalized spacial score (nSPS) is 25.1. The first-order chi connectivity index (χ1) is 10.2. The highest BCUT2D eigenvalue weighted by molar-refractivity contribution is 5.46. The SMILES string of the molecule is N#CC1(C2(O)CCc3ccccc32)Cc2ccccc2C1. The molecule has 0 bridgehead atoms. The van der Waals surface area contributed by atoms with Crippen molar-refractivity contribution in [3.8, 4) is 6.07 Å². The minimum Gasteiger partial charge on any atom is -0.383 e. The van der Waals surface area contributed by atoms with Crippen LogP contribution in [0.5, 0.6) is 0 Å². The second kappa shape index (κ2) is 4.19. The van der Waals surface area contributed by atoms with E-state index in [1.807, 2.05) is 30.3 Å². The summed E-state index contributed by atoms with van der Waals surface area (Å²) in [7, 11) is 0. The molecule has 1 N–H and O–H groups in total. The van der Waals surface area contributed by atoms with Crippen molar-refractivity contribution in [2.75, 3.05) is 0 Å². The second-order valence-electron chi connectivity index (χ2n) is 6.33. The molecule has 21 heavy (non-hydrogen) atoms. The molecule has 0 fully saturated rings. The average Bonchev–Trinajstić information content (AvgIpc) is 3.08. The lowest BCUT2D eigenvalue weighted by molar-refractivity contribution is -0.0559. The molecule has 1 atom stereocenters. The molecule has 2 aliphatic rings. The predicted octanol–water partition coefficient (Wildman–Crippen LogP) is 3.13. The Balaban J connectivity index is 1.85. The first-order valence-corrected chi connectivity index (χ1v) is 7.47. The number of nitrogens with zero attached hydrogens (tertiary/aromatic N) is 1. The molecule has 0 aromatic heterocycles. The number of aliphatic hydroxyl groups is 1. The number of hydrogen-bond donors (Lipinski definition) is 1. The molecule has 104 valence electrons. The molecule has 2 heteroatoms. The molecule has 2 nitrogen and oxygen atoms in total. The van der Waals surface area contributed by atoms with E-state index in [2.05, 4.69) is 24.3 Å². The van der Waals surface area contributed by atoms with Crippen LogP contribution in [0.25, 0.3) is 0 Å². The number of rotatable bonds is 1. The number of nitriles is 1. The van der Waals surface area contributed by atoms with E-state index in [0.717, 1.165) is 12.0 Å². The van der Waals surface area contributed by atoms with Gasteiger partial charge in [-0.3, -0.25) is 0 Å². The van der Waals surface area contributed by atoms with E-state index in [4.69, 9.17) is 0 Å². The summed E-state index contributed by atoms with van der Waals surface area (Å²) in [5.74, 6) is 0. The molecule has 2 aliphatic carbocycles. The van der Waals surface area contributed by atoms with Crippen LogP contribution < -0.4 is 0 Å². The van der Waals surface area contributed by atoms with Gasteiger partial charge in [-0.1, -0.05) is 48.5 Å². The highest BCUT2D eigenvalue weighted by atomic mass is 16.3. The van der Waals surface area contributed by atoms with Crippen LogP contribution in [-0.2, 0) is 24.9 Å². The first kappa shape index (κ1) is 12.6. The minimum absolute atomic E-state index is 0.643. The molecule has 0 saturated heterocycles. The van der Waals surface area contributed by atoms with Gasteiger partial charge in [0, 0.05) is 0 Å². The molecule has 4 rings (SSSR count). The van der Waals surface area contributed by atoms with Gasteiger partial charge in [-0.05, 0) is 47.9 Å². The first-order valence-electron chi connectivity index (χ1n) is 7.47. The lowest BCUT2D eigenvalue weighted by Crippen LogP contribution is -2.44. The summed E-state index contributed by atoms with van der Waals surface area (Å²) in [6.07, 6.45) is 2.79. The Hall–Kier alpha value is -2.11. The van der Waals surface area contributed by atoms with Gasteiger partial charge in [0.2, 0.25) is 0 Å². The number of hydrogen-bond acceptors (Lipinski definition) is 2. The van der Waals surface area contributed by atoms with Gasteiger partial charge in [-0.25, -0.2) is 0 Å². The van der Waals surface area contributed by atoms with Crippen LogP contribution in [0, 0.1) is 16.7 Å². The molecule has 0 saturated carbocycles. The summed E-state index contributed by atoms with van der Waals surface area (Å²) in [6, 6.07) is 18.7. The van der Waals surface area contributed by atoms with E-state index in [-0.39, 0.29) is 0 Å². The smallest absolute Gasteiger partial charge is 0.109 e. The molecular weight excluding hydrogens is 258 g/mol. The summed E-state index contributed by atoms with van der Waals surface area (Å²) in [5, 5.41) is 21.4. The quantitative estimate of drug-likeness (QED) is 0.869. The summed E-state index contributed by atoms with van der Waals surface area (Å²) in [4.78, 5) is 0. The van der Waals surface area contributed by atoms with Crippen molar-refractivity contribution in [3.05, 3.63) is 70.8 Å². The maximum absolute atomic E-state index is 11.4. The van der Waals surface area contributed by atoms with E-state index in [9.17, 15) is 10.4 Å². The largest absolute Gasteiger partial charge is 0.383 e. The minimum atomic E-state index is -1.03. The van der Waals surface area contributed by atoms with E-state index in [1.54, 1.807) is 0 Å². The van der Waals surface area contributed by atoms with Crippen LogP contribution in [0.2, 0.25) is 0 Å². The van der Waals surface area contributed by atoms with Crippen molar-refractivity contribution in [3.63, 3.8) is 0 Å². The van der Waals surface area contributed by atoms with E-state index in [0.29, 0.717) is 19.3 Å². The van der Waals surface area contributed by atoms with Gasteiger partial charge in [0.15, 0.2) is 0 Å². The molecule has 0 spiro atoms. The molecule has 2 aromatic carbocycles. The van der Waals surface area contributed by atoms with Gasteiger partial charge in [-0.15, -0.1) is 0 Å². The molecular formula is C19H17NO. The third kappa shape index (κ3) is 1.56. The van der Waals surface area contributed by atoms with Crippen LogP contribution in [0.4, 0.5) is 0 Å². The van der Waals surface area contributed by atoms with Crippen molar-refractivity contribution in [1.29, 1.82) is 5.26 Å². The van der Waals surface area contributed by atoms with Crippen LogP contribution in [-0.4, -0.2) is 5.11 Å². The Morgan fingerprint density at radius 1 is 0.905 bits per heavy atom. The maximum Gasteiger partial charge on any atom is 0.109 e. The second-order valence-corrected chi connectivity index (χ2v) is 6.33. The van der Waals surface area contributed by atoms with Crippen molar-refractivity contribution >= 4 is 0 Å². The predicted molar refractivity (Wildman–Crippen MR) is 80.6 cm³/mol. The topological polar surface area (TPSA) is 44.0 Å². The van der Waals surface area contributed by atoms with Gasteiger partial charge < -0.3 is 5.11 Å². The van der Waals surface area contributed by atoms with Gasteiger partial charge >= 0.3 is 0 Å². The molecule has 0 amide bonds. The van der Waals surface area contributed by atoms with Gasteiger partial charge in [0.1, 0.15) is 5.60 Å². The molecule has 2 aromatic rings. The van der Waals surface area contributed by atoms with E-state index < -0.39 is 11.0 Å². The molecule has 0 aliphatic heterocycles. The van der Waals surface area contributed by atoms with Crippen molar-refractivity contribution in [1.82, 2.24) is 0 Å². The van der Waals surface area contributed by atoms with Crippen LogP contribution >= 0.6 is 0 Å². The van der Waals surface area contributed by atoms with E-state index in [1.165, 1.54) is 16.7 Å². The summed E-state index contributed by atoms with van der Waals surface area (Å²) in [5.41, 5.74) is 2.79. The van der Waals surface area contributed by atoms with Crippen LogP contribution in [0.3, 0.4) is 0 Å². The summed E-state index contributed by atoms with van der Waals surface area (Å²) >= 11 is 0. The zero-order chi connectivity index (χ0) is 14.5. The Morgan fingerprint density at radius 2 is 1.48 bits per heavy atom. The fraction of sp³-hybridized carbons (Fsp3) is 0.316. The van der Waals surface area contributed by atoms with E-state index >= 15 is 0 Å². The zero-order valence-electron chi connectivity index (χ0n) is 11.8. The lowest BCUT2D eigenvalue weighted by Gasteiger charge is -2.38. The maximum atomic E-state index is 11.4.